The highest BCUT2D eigenvalue weighted by Crippen LogP contribution is 2.16. The van der Waals surface area contributed by atoms with Crippen LogP contribution in [0.2, 0.25) is 0 Å². The Morgan fingerprint density at radius 2 is 2.00 bits per heavy atom. The molecule has 22 heavy (non-hydrogen) atoms. The first-order chi connectivity index (χ1) is 10.5. The topological polar surface area (TPSA) is 83.4 Å². The number of halogens is 1. The summed E-state index contributed by atoms with van der Waals surface area (Å²) in [5.74, 6) is -1.94. The fourth-order valence-corrected chi connectivity index (χ4v) is 2.64. The van der Waals surface area contributed by atoms with Gasteiger partial charge in [-0.05, 0) is 35.6 Å². The zero-order valence-corrected chi connectivity index (χ0v) is 12.6. The molecule has 1 amide bonds. The third-order valence-electron chi connectivity index (χ3n) is 2.98. The van der Waals surface area contributed by atoms with E-state index in [9.17, 15) is 14.0 Å². The van der Waals surface area contributed by atoms with E-state index < -0.39 is 18.4 Å². The molecule has 2 rings (SSSR count). The number of hydrogen-bond acceptors (Lipinski definition) is 5. The van der Waals surface area contributed by atoms with E-state index in [4.69, 9.17) is 5.11 Å². The van der Waals surface area contributed by atoms with Gasteiger partial charge in [0.2, 0.25) is 0 Å². The van der Waals surface area contributed by atoms with Gasteiger partial charge in [-0.25, -0.2) is 4.39 Å². The smallest absolute Gasteiger partial charge is 0.323 e. The number of carboxylic acids is 1. The highest BCUT2D eigenvalue weighted by Gasteiger charge is 2.23. The number of aliphatic carboxylic acids is 1. The largest absolute Gasteiger partial charge is 0.480 e. The number of rotatable bonds is 6. The van der Waals surface area contributed by atoms with E-state index in [1.54, 1.807) is 0 Å². The van der Waals surface area contributed by atoms with Crippen LogP contribution in [0.4, 0.5) is 4.39 Å². The minimum Gasteiger partial charge on any atom is -0.480 e. The monoisotopic (exact) mass is 323 g/mol. The van der Waals surface area contributed by atoms with Crippen molar-refractivity contribution in [2.45, 2.75) is 19.9 Å². The van der Waals surface area contributed by atoms with Gasteiger partial charge in [0, 0.05) is 6.54 Å². The van der Waals surface area contributed by atoms with Crippen LogP contribution in [0.15, 0.2) is 24.3 Å². The molecule has 116 valence electrons. The maximum atomic E-state index is 12.9. The minimum atomic E-state index is -1.12. The van der Waals surface area contributed by atoms with Crippen molar-refractivity contribution in [2.75, 3.05) is 6.54 Å². The fourth-order valence-electron chi connectivity index (χ4n) is 1.92. The van der Waals surface area contributed by atoms with Crippen molar-refractivity contribution in [1.82, 2.24) is 14.5 Å². The van der Waals surface area contributed by atoms with Gasteiger partial charge in [0.05, 0.1) is 5.69 Å². The van der Waals surface area contributed by atoms with E-state index in [1.807, 2.05) is 6.92 Å². The molecule has 0 atom stereocenters. The third-order valence-corrected chi connectivity index (χ3v) is 3.74. The average molecular weight is 323 g/mol. The molecule has 0 radical (unpaired) electrons. The van der Waals surface area contributed by atoms with Crippen molar-refractivity contribution >= 4 is 23.4 Å². The van der Waals surface area contributed by atoms with Crippen LogP contribution in [-0.2, 0) is 17.8 Å². The van der Waals surface area contributed by atoms with Crippen molar-refractivity contribution in [1.29, 1.82) is 0 Å². The molecule has 0 unspecified atom stereocenters. The average Bonchev–Trinajstić information content (AvgIpc) is 2.96. The Morgan fingerprint density at radius 3 is 2.59 bits per heavy atom. The summed E-state index contributed by atoms with van der Waals surface area (Å²) in [7, 11) is 0. The van der Waals surface area contributed by atoms with Gasteiger partial charge >= 0.3 is 5.97 Å². The molecule has 0 saturated heterocycles. The van der Waals surface area contributed by atoms with E-state index >= 15 is 0 Å². The summed E-state index contributed by atoms with van der Waals surface area (Å²) in [6.45, 7) is 1.47. The number of carbonyl (C=O) groups is 2. The van der Waals surface area contributed by atoms with Gasteiger partial charge < -0.3 is 10.0 Å². The van der Waals surface area contributed by atoms with Crippen molar-refractivity contribution < 1.29 is 19.1 Å². The zero-order chi connectivity index (χ0) is 16.1. The summed E-state index contributed by atoms with van der Waals surface area (Å²) in [5, 5.41) is 12.9. The van der Waals surface area contributed by atoms with Crippen LogP contribution in [-0.4, -0.2) is 38.0 Å². The van der Waals surface area contributed by atoms with Crippen molar-refractivity contribution in [2.24, 2.45) is 0 Å². The molecule has 1 heterocycles. The second-order valence-corrected chi connectivity index (χ2v) is 5.34. The van der Waals surface area contributed by atoms with Crippen LogP contribution in [0, 0.1) is 5.82 Å². The molecule has 0 aliphatic carbocycles. The van der Waals surface area contributed by atoms with E-state index in [2.05, 4.69) is 9.59 Å². The fraction of sp³-hybridized carbons (Fsp3) is 0.286. The Bertz CT molecular complexity index is 672. The van der Waals surface area contributed by atoms with Gasteiger partial charge in [-0.2, -0.15) is 0 Å². The quantitative estimate of drug-likeness (QED) is 0.878. The lowest BCUT2D eigenvalue weighted by atomic mass is 10.2. The lowest BCUT2D eigenvalue weighted by Gasteiger charge is -2.20. The zero-order valence-electron chi connectivity index (χ0n) is 11.8. The van der Waals surface area contributed by atoms with Crippen LogP contribution < -0.4 is 0 Å². The third kappa shape index (κ3) is 3.85. The van der Waals surface area contributed by atoms with E-state index in [-0.39, 0.29) is 12.4 Å². The van der Waals surface area contributed by atoms with Crippen LogP contribution in [0.25, 0.3) is 0 Å². The number of carbonyl (C=O) groups excluding carboxylic acids is 1. The Balaban J connectivity index is 2.23. The molecule has 8 heteroatoms. The molecule has 6 nitrogen and oxygen atoms in total. The number of aromatic nitrogens is 2. The predicted molar refractivity (Wildman–Crippen MR) is 78.1 cm³/mol. The molecule has 0 bridgehead atoms. The first-order valence-corrected chi connectivity index (χ1v) is 7.35. The molecule has 0 spiro atoms. The van der Waals surface area contributed by atoms with Crippen molar-refractivity contribution in [3.05, 3.63) is 46.2 Å². The van der Waals surface area contributed by atoms with Crippen LogP contribution in [0.1, 0.15) is 27.9 Å². The molecule has 1 N–H and O–H groups in total. The Hall–Kier alpha value is -2.35. The van der Waals surface area contributed by atoms with Crippen molar-refractivity contribution in [3.8, 4) is 0 Å². The van der Waals surface area contributed by atoms with Gasteiger partial charge in [0.1, 0.15) is 17.2 Å². The van der Waals surface area contributed by atoms with Crippen LogP contribution in [0.5, 0.6) is 0 Å². The highest BCUT2D eigenvalue weighted by atomic mass is 32.1. The Morgan fingerprint density at radius 1 is 1.32 bits per heavy atom. The summed E-state index contributed by atoms with van der Waals surface area (Å²) < 4.78 is 16.7. The predicted octanol–water partition coefficient (Wildman–Crippen LogP) is 1.97. The van der Waals surface area contributed by atoms with E-state index in [1.165, 1.54) is 29.2 Å². The van der Waals surface area contributed by atoms with Crippen LogP contribution >= 0.6 is 11.5 Å². The lowest BCUT2D eigenvalue weighted by molar-refractivity contribution is -0.137. The molecule has 0 fully saturated rings. The molecule has 1 aromatic carbocycles. The summed E-state index contributed by atoms with van der Waals surface area (Å²) in [5.41, 5.74) is 1.19. The molecule has 0 aliphatic heterocycles. The van der Waals surface area contributed by atoms with E-state index in [0.29, 0.717) is 22.6 Å². The lowest BCUT2D eigenvalue weighted by Crippen LogP contribution is -2.35. The highest BCUT2D eigenvalue weighted by molar-refractivity contribution is 7.08. The Labute approximate surface area is 130 Å². The number of benzene rings is 1. The maximum absolute atomic E-state index is 12.9. The summed E-state index contributed by atoms with van der Waals surface area (Å²) in [4.78, 5) is 25.0. The molecular weight excluding hydrogens is 309 g/mol. The van der Waals surface area contributed by atoms with Crippen LogP contribution in [0.3, 0.4) is 0 Å². The van der Waals surface area contributed by atoms with Gasteiger partial charge in [-0.3, -0.25) is 9.59 Å². The first kappa shape index (κ1) is 16.0. The number of carboxylic acid groups (broad SMARTS) is 1. The normalized spacial score (nSPS) is 10.5. The van der Waals surface area contributed by atoms with Gasteiger partial charge in [0.25, 0.3) is 5.91 Å². The van der Waals surface area contributed by atoms with Gasteiger partial charge in [-0.15, -0.1) is 5.10 Å². The first-order valence-electron chi connectivity index (χ1n) is 6.58. The molecule has 2 aromatic rings. The number of nitrogens with zero attached hydrogens (tertiary/aromatic N) is 3. The van der Waals surface area contributed by atoms with Gasteiger partial charge in [0.15, 0.2) is 0 Å². The standard InChI is InChI=1S/C14H14FN3O3S/c1-2-11-13(22-17-16-11)14(21)18(8-12(19)20)7-9-3-5-10(15)6-4-9/h3-6H,2,7-8H2,1H3,(H,19,20). The van der Waals surface area contributed by atoms with Crippen molar-refractivity contribution in [3.63, 3.8) is 0 Å². The summed E-state index contributed by atoms with van der Waals surface area (Å²) in [6.07, 6.45) is 0.537. The maximum Gasteiger partial charge on any atom is 0.323 e. The summed E-state index contributed by atoms with van der Waals surface area (Å²) >= 11 is 0.945. The molecule has 0 aliphatic rings. The SMILES string of the molecule is CCc1nnsc1C(=O)N(CC(=O)O)Cc1ccc(F)cc1. The second kappa shape index (κ2) is 7.08. The number of aryl methyl sites for hydroxylation is 1. The minimum absolute atomic E-state index is 0.0759. The second-order valence-electron chi connectivity index (χ2n) is 4.58. The Kier molecular flexibility index (Phi) is 5.16. The molecule has 0 saturated carbocycles. The molecule has 1 aromatic heterocycles. The summed E-state index contributed by atoms with van der Waals surface area (Å²) in [6, 6.07) is 5.57. The van der Waals surface area contributed by atoms with Gasteiger partial charge in [-0.1, -0.05) is 23.5 Å². The number of hydrogen-bond donors (Lipinski definition) is 1. The number of amides is 1. The van der Waals surface area contributed by atoms with E-state index in [0.717, 1.165) is 11.5 Å². The molecular formula is C14H14FN3O3S.